The Morgan fingerprint density at radius 3 is 2.35 bits per heavy atom. The van der Waals surface area contributed by atoms with E-state index in [-0.39, 0.29) is 18.4 Å². The monoisotopic (exact) mass is 244 g/mol. The third kappa shape index (κ3) is 3.07. The standard InChI is InChI=1S/C13H24O4/c1-4-13(17-8-10(3)7-14)11(15)5-9(2)6-12(13)16/h4,9-12,14-16H,1,5-8H2,2-3H3. The van der Waals surface area contributed by atoms with Crippen LogP contribution in [-0.2, 0) is 4.74 Å². The zero-order chi connectivity index (χ0) is 13.1. The fourth-order valence-electron chi connectivity index (χ4n) is 2.31. The van der Waals surface area contributed by atoms with Crippen LogP contribution in [0.3, 0.4) is 0 Å². The van der Waals surface area contributed by atoms with Gasteiger partial charge < -0.3 is 20.1 Å². The number of hydrogen-bond acceptors (Lipinski definition) is 4. The smallest absolute Gasteiger partial charge is 0.137 e. The van der Waals surface area contributed by atoms with E-state index in [4.69, 9.17) is 9.84 Å². The predicted molar refractivity (Wildman–Crippen MR) is 65.5 cm³/mol. The molecule has 0 aromatic heterocycles. The first kappa shape index (κ1) is 14.6. The number of rotatable bonds is 5. The van der Waals surface area contributed by atoms with Crippen LogP contribution in [0, 0.1) is 11.8 Å². The molecule has 1 aliphatic rings. The molecule has 17 heavy (non-hydrogen) atoms. The van der Waals surface area contributed by atoms with Gasteiger partial charge in [0.1, 0.15) is 5.60 Å². The van der Waals surface area contributed by atoms with Crippen molar-refractivity contribution in [3.05, 3.63) is 12.7 Å². The van der Waals surface area contributed by atoms with Crippen molar-refractivity contribution in [3.8, 4) is 0 Å². The molecule has 0 amide bonds. The molecular formula is C13H24O4. The number of hydrogen-bond donors (Lipinski definition) is 3. The molecular weight excluding hydrogens is 220 g/mol. The summed E-state index contributed by atoms with van der Waals surface area (Å²) in [6.45, 7) is 7.84. The molecule has 0 aromatic carbocycles. The molecule has 3 unspecified atom stereocenters. The molecule has 0 radical (unpaired) electrons. The molecule has 0 saturated heterocycles. The van der Waals surface area contributed by atoms with Crippen LogP contribution in [-0.4, -0.2) is 46.3 Å². The summed E-state index contributed by atoms with van der Waals surface area (Å²) in [6.07, 6.45) is 1.19. The second kappa shape index (κ2) is 5.96. The summed E-state index contributed by atoms with van der Waals surface area (Å²) in [7, 11) is 0. The lowest BCUT2D eigenvalue weighted by atomic mass is 9.75. The molecule has 3 atom stereocenters. The summed E-state index contributed by atoms with van der Waals surface area (Å²) in [5.41, 5.74) is -1.09. The zero-order valence-electron chi connectivity index (χ0n) is 10.7. The molecule has 0 spiro atoms. The minimum atomic E-state index is -1.09. The summed E-state index contributed by atoms with van der Waals surface area (Å²) in [5, 5.41) is 29.2. The van der Waals surface area contributed by atoms with Crippen LogP contribution in [0.2, 0.25) is 0 Å². The molecule has 4 nitrogen and oxygen atoms in total. The highest BCUT2D eigenvalue weighted by molar-refractivity contribution is 5.10. The van der Waals surface area contributed by atoms with Crippen molar-refractivity contribution in [2.45, 2.75) is 44.5 Å². The van der Waals surface area contributed by atoms with Crippen LogP contribution >= 0.6 is 0 Å². The van der Waals surface area contributed by atoms with Crippen LogP contribution in [0.4, 0.5) is 0 Å². The normalized spacial score (nSPS) is 39.9. The highest BCUT2D eigenvalue weighted by Gasteiger charge is 2.47. The first-order chi connectivity index (χ1) is 7.96. The van der Waals surface area contributed by atoms with Crippen LogP contribution in [0.15, 0.2) is 12.7 Å². The molecule has 0 aromatic rings. The number of aliphatic hydroxyl groups excluding tert-OH is 3. The summed E-state index contributed by atoms with van der Waals surface area (Å²) < 4.78 is 5.67. The van der Waals surface area contributed by atoms with E-state index in [0.717, 1.165) is 0 Å². The van der Waals surface area contributed by atoms with Crippen LogP contribution in [0.5, 0.6) is 0 Å². The third-order valence-corrected chi connectivity index (χ3v) is 3.54. The SMILES string of the molecule is C=CC1(OCC(C)CO)C(O)CC(C)CC1O. The van der Waals surface area contributed by atoms with Gasteiger partial charge in [-0.2, -0.15) is 0 Å². The molecule has 0 aliphatic heterocycles. The Bertz CT molecular complexity index is 242. The van der Waals surface area contributed by atoms with Gasteiger partial charge in [-0.25, -0.2) is 0 Å². The Morgan fingerprint density at radius 1 is 1.41 bits per heavy atom. The molecule has 0 bridgehead atoms. The highest BCUT2D eigenvalue weighted by Crippen LogP contribution is 2.36. The Kier molecular flexibility index (Phi) is 5.13. The molecule has 3 N–H and O–H groups in total. The quantitative estimate of drug-likeness (QED) is 0.623. The lowest BCUT2D eigenvalue weighted by Crippen LogP contribution is -2.57. The molecule has 1 aliphatic carbocycles. The summed E-state index contributed by atoms with van der Waals surface area (Å²) >= 11 is 0. The molecule has 100 valence electrons. The number of aliphatic hydroxyl groups is 3. The maximum absolute atomic E-state index is 10.1. The van der Waals surface area contributed by atoms with Crippen molar-refractivity contribution in [2.75, 3.05) is 13.2 Å². The predicted octanol–water partition coefficient (Wildman–Crippen LogP) is 0.708. The fourth-order valence-corrected chi connectivity index (χ4v) is 2.31. The Labute approximate surface area is 103 Å². The van der Waals surface area contributed by atoms with E-state index >= 15 is 0 Å². The molecule has 1 rings (SSSR count). The Morgan fingerprint density at radius 2 is 1.94 bits per heavy atom. The van der Waals surface area contributed by atoms with Crippen molar-refractivity contribution in [1.29, 1.82) is 0 Å². The van der Waals surface area contributed by atoms with Gasteiger partial charge >= 0.3 is 0 Å². The Balaban J connectivity index is 2.74. The van der Waals surface area contributed by atoms with Gasteiger partial charge in [0.2, 0.25) is 0 Å². The van der Waals surface area contributed by atoms with Crippen molar-refractivity contribution in [1.82, 2.24) is 0 Å². The van der Waals surface area contributed by atoms with E-state index in [1.807, 2.05) is 13.8 Å². The maximum atomic E-state index is 10.1. The first-order valence-corrected chi connectivity index (χ1v) is 6.20. The zero-order valence-corrected chi connectivity index (χ0v) is 10.7. The first-order valence-electron chi connectivity index (χ1n) is 6.20. The average molecular weight is 244 g/mol. The number of ether oxygens (including phenoxy) is 1. The topological polar surface area (TPSA) is 69.9 Å². The van der Waals surface area contributed by atoms with Gasteiger partial charge in [0.05, 0.1) is 18.8 Å². The van der Waals surface area contributed by atoms with E-state index in [0.29, 0.717) is 19.4 Å². The van der Waals surface area contributed by atoms with Crippen LogP contribution < -0.4 is 0 Å². The maximum Gasteiger partial charge on any atom is 0.137 e. The van der Waals surface area contributed by atoms with Gasteiger partial charge in [-0.1, -0.05) is 19.9 Å². The van der Waals surface area contributed by atoms with Gasteiger partial charge in [0.25, 0.3) is 0 Å². The van der Waals surface area contributed by atoms with Gasteiger partial charge in [0.15, 0.2) is 0 Å². The second-order valence-electron chi connectivity index (χ2n) is 5.26. The van der Waals surface area contributed by atoms with Gasteiger partial charge in [-0.05, 0) is 18.8 Å². The van der Waals surface area contributed by atoms with E-state index in [2.05, 4.69) is 6.58 Å². The molecule has 0 heterocycles. The average Bonchev–Trinajstić information content (AvgIpc) is 2.28. The minimum absolute atomic E-state index is 0.0226. The largest absolute Gasteiger partial charge is 0.396 e. The van der Waals surface area contributed by atoms with Crippen LogP contribution in [0.1, 0.15) is 26.7 Å². The van der Waals surface area contributed by atoms with Gasteiger partial charge in [0, 0.05) is 12.5 Å². The molecule has 1 fully saturated rings. The third-order valence-electron chi connectivity index (χ3n) is 3.54. The van der Waals surface area contributed by atoms with Crippen molar-refractivity contribution < 1.29 is 20.1 Å². The van der Waals surface area contributed by atoms with Gasteiger partial charge in [-0.3, -0.25) is 0 Å². The second-order valence-corrected chi connectivity index (χ2v) is 5.26. The minimum Gasteiger partial charge on any atom is -0.396 e. The summed E-state index contributed by atoms with van der Waals surface area (Å²) in [5.74, 6) is 0.248. The van der Waals surface area contributed by atoms with E-state index in [9.17, 15) is 10.2 Å². The van der Waals surface area contributed by atoms with E-state index in [1.165, 1.54) is 6.08 Å². The lowest BCUT2D eigenvalue weighted by Gasteiger charge is -2.45. The fraction of sp³-hybridized carbons (Fsp3) is 0.846. The van der Waals surface area contributed by atoms with Crippen molar-refractivity contribution in [2.24, 2.45) is 11.8 Å². The van der Waals surface area contributed by atoms with E-state index < -0.39 is 17.8 Å². The van der Waals surface area contributed by atoms with Crippen molar-refractivity contribution >= 4 is 0 Å². The Hall–Kier alpha value is -0.420. The summed E-state index contributed by atoms with van der Waals surface area (Å²) in [6, 6.07) is 0. The van der Waals surface area contributed by atoms with E-state index in [1.54, 1.807) is 0 Å². The highest BCUT2D eigenvalue weighted by atomic mass is 16.5. The van der Waals surface area contributed by atoms with Crippen LogP contribution in [0.25, 0.3) is 0 Å². The summed E-state index contributed by atoms with van der Waals surface area (Å²) in [4.78, 5) is 0. The lowest BCUT2D eigenvalue weighted by molar-refractivity contribution is -0.185. The van der Waals surface area contributed by atoms with Gasteiger partial charge in [-0.15, -0.1) is 6.58 Å². The molecule has 1 saturated carbocycles. The molecule has 4 heteroatoms. The van der Waals surface area contributed by atoms with Crippen molar-refractivity contribution in [3.63, 3.8) is 0 Å².